The second kappa shape index (κ2) is 6.06. The summed E-state index contributed by atoms with van der Waals surface area (Å²) in [5.74, 6) is -0.192. The van der Waals surface area contributed by atoms with Crippen LogP contribution in [0.25, 0.3) is 0 Å². The van der Waals surface area contributed by atoms with E-state index in [4.69, 9.17) is 10.5 Å². The fourth-order valence-electron chi connectivity index (χ4n) is 1.81. The summed E-state index contributed by atoms with van der Waals surface area (Å²) < 4.78 is 18.3. The Morgan fingerprint density at radius 2 is 2.10 bits per heavy atom. The molecular weight excluding hydrogens is 259 g/mol. The van der Waals surface area contributed by atoms with Crippen molar-refractivity contribution in [2.45, 2.75) is 6.54 Å². The first kappa shape index (κ1) is 13.9. The largest absolute Gasteiger partial charge is 0.497 e. The standard InChI is InChI=1S/C15H15FN2O2/c1-20-14-4-2-3-10(5-14)9-18-15(19)11-6-12(16)8-13(17)7-11/h2-8H,9,17H2,1H3,(H,18,19). The van der Waals surface area contributed by atoms with E-state index in [9.17, 15) is 9.18 Å². The predicted octanol–water partition coefficient (Wildman–Crippen LogP) is 2.35. The van der Waals surface area contributed by atoms with Gasteiger partial charge in [-0.1, -0.05) is 12.1 Å². The quantitative estimate of drug-likeness (QED) is 0.841. The highest BCUT2D eigenvalue weighted by atomic mass is 19.1. The Kier molecular flexibility index (Phi) is 4.20. The van der Waals surface area contributed by atoms with Crippen LogP contribution in [0.2, 0.25) is 0 Å². The summed E-state index contributed by atoms with van der Waals surface area (Å²) in [6.07, 6.45) is 0. The molecule has 0 bridgehead atoms. The predicted molar refractivity (Wildman–Crippen MR) is 75.0 cm³/mol. The number of rotatable bonds is 4. The van der Waals surface area contributed by atoms with Crippen LogP contribution in [-0.4, -0.2) is 13.0 Å². The SMILES string of the molecule is COc1cccc(CNC(=O)c2cc(N)cc(F)c2)c1. The van der Waals surface area contributed by atoms with Crippen LogP contribution in [0.1, 0.15) is 15.9 Å². The topological polar surface area (TPSA) is 64.3 Å². The Labute approximate surface area is 116 Å². The van der Waals surface area contributed by atoms with Crippen molar-refractivity contribution < 1.29 is 13.9 Å². The lowest BCUT2D eigenvalue weighted by molar-refractivity contribution is 0.0950. The molecule has 1 amide bonds. The van der Waals surface area contributed by atoms with Crippen LogP contribution in [-0.2, 0) is 6.54 Å². The number of halogens is 1. The van der Waals surface area contributed by atoms with Gasteiger partial charge in [-0.15, -0.1) is 0 Å². The Morgan fingerprint density at radius 1 is 1.30 bits per heavy atom. The van der Waals surface area contributed by atoms with E-state index in [1.54, 1.807) is 7.11 Å². The molecular formula is C15H15FN2O2. The molecule has 104 valence electrons. The Balaban J connectivity index is 2.04. The fourth-order valence-corrected chi connectivity index (χ4v) is 1.81. The van der Waals surface area contributed by atoms with Gasteiger partial charge in [-0.2, -0.15) is 0 Å². The molecule has 0 spiro atoms. The highest BCUT2D eigenvalue weighted by Gasteiger charge is 2.08. The molecule has 2 rings (SSSR count). The highest BCUT2D eigenvalue weighted by molar-refractivity contribution is 5.95. The van der Waals surface area contributed by atoms with Gasteiger partial charge in [0.25, 0.3) is 5.91 Å². The summed E-state index contributed by atoms with van der Waals surface area (Å²) in [5.41, 5.74) is 6.82. The molecule has 0 atom stereocenters. The number of nitrogens with one attached hydrogen (secondary N) is 1. The van der Waals surface area contributed by atoms with Crippen LogP contribution in [0.5, 0.6) is 5.75 Å². The number of ether oxygens (including phenoxy) is 1. The minimum absolute atomic E-state index is 0.199. The molecule has 0 saturated carbocycles. The summed E-state index contributed by atoms with van der Waals surface area (Å²) in [6.45, 7) is 0.326. The van der Waals surface area contributed by atoms with Crippen LogP contribution in [0.3, 0.4) is 0 Å². The fraction of sp³-hybridized carbons (Fsp3) is 0.133. The van der Waals surface area contributed by atoms with Crippen molar-refractivity contribution in [3.05, 3.63) is 59.4 Å². The van der Waals surface area contributed by atoms with E-state index in [1.165, 1.54) is 12.1 Å². The zero-order valence-electron chi connectivity index (χ0n) is 11.0. The van der Waals surface area contributed by atoms with E-state index in [0.717, 1.165) is 11.6 Å². The van der Waals surface area contributed by atoms with Gasteiger partial charge < -0.3 is 15.8 Å². The monoisotopic (exact) mass is 274 g/mol. The number of carbonyl (C=O) groups is 1. The van der Waals surface area contributed by atoms with Crippen LogP contribution in [0, 0.1) is 5.82 Å². The van der Waals surface area contributed by atoms with E-state index in [2.05, 4.69) is 5.32 Å². The van der Waals surface area contributed by atoms with Crippen molar-refractivity contribution in [3.63, 3.8) is 0 Å². The first-order chi connectivity index (χ1) is 9.58. The number of benzene rings is 2. The summed E-state index contributed by atoms with van der Waals surface area (Å²) in [7, 11) is 1.58. The number of carbonyl (C=O) groups excluding carboxylic acids is 1. The van der Waals surface area contributed by atoms with Crippen molar-refractivity contribution in [2.24, 2.45) is 0 Å². The van der Waals surface area contributed by atoms with Gasteiger partial charge in [0.1, 0.15) is 11.6 Å². The van der Waals surface area contributed by atoms with Gasteiger partial charge in [0.2, 0.25) is 0 Å². The van der Waals surface area contributed by atoms with Crippen molar-refractivity contribution in [1.82, 2.24) is 5.32 Å². The maximum absolute atomic E-state index is 13.2. The van der Waals surface area contributed by atoms with Gasteiger partial charge >= 0.3 is 0 Å². The third kappa shape index (κ3) is 3.47. The Hall–Kier alpha value is -2.56. The maximum Gasteiger partial charge on any atom is 0.251 e. The summed E-state index contributed by atoms with van der Waals surface area (Å²) in [6, 6.07) is 11.1. The normalized spacial score (nSPS) is 10.1. The number of amides is 1. The molecule has 3 N–H and O–H groups in total. The summed E-state index contributed by atoms with van der Waals surface area (Å²) in [5, 5.41) is 2.70. The van der Waals surface area contributed by atoms with E-state index < -0.39 is 5.82 Å². The molecule has 20 heavy (non-hydrogen) atoms. The van der Waals surface area contributed by atoms with Gasteiger partial charge in [-0.05, 0) is 35.9 Å². The maximum atomic E-state index is 13.2. The van der Waals surface area contributed by atoms with Gasteiger partial charge in [0.15, 0.2) is 0 Å². The number of nitrogen functional groups attached to an aromatic ring is 1. The molecule has 2 aromatic carbocycles. The van der Waals surface area contributed by atoms with Crippen molar-refractivity contribution >= 4 is 11.6 Å². The van der Waals surface area contributed by atoms with Gasteiger partial charge in [0.05, 0.1) is 7.11 Å². The lowest BCUT2D eigenvalue weighted by Gasteiger charge is -2.07. The molecule has 0 unspecified atom stereocenters. The van der Waals surface area contributed by atoms with Gasteiger partial charge in [-0.3, -0.25) is 4.79 Å². The Morgan fingerprint density at radius 3 is 2.80 bits per heavy atom. The molecule has 0 heterocycles. The highest BCUT2D eigenvalue weighted by Crippen LogP contribution is 2.13. The first-order valence-corrected chi connectivity index (χ1v) is 6.05. The molecule has 0 fully saturated rings. The molecule has 0 aliphatic rings. The molecule has 0 radical (unpaired) electrons. The van der Waals surface area contributed by atoms with Crippen LogP contribution in [0.4, 0.5) is 10.1 Å². The zero-order chi connectivity index (χ0) is 14.5. The van der Waals surface area contributed by atoms with Gasteiger partial charge in [0, 0.05) is 17.8 Å². The Bertz CT molecular complexity index is 609. The molecule has 5 heteroatoms. The van der Waals surface area contributed by atoms with E-state index in [1.807, 2.05) is 24.3 Å². The zero-order valence-corrected chi connectivity index (χ0v) is 11.0. The lowest BCUT2D eigenvalue weighted by Crippen LogP contribution is -2.23. The van der Waals surface area contributed by atoms with Crippen LogP contribution >= 0.6 is 0 Å². The minimum Gasteiger partial charge on any atom is -0.497 e. The van der Waals surface area contributed by atoms with E-state index >= 15 is 0 Å². The van der Waals surface area contributed by atoms with E-state index in [0.29, 0.717) is 12.3 Å². The summed E-state index contributed by atoms with van der Waals surface area (Å²) >= 11 is 0. The molecule has 0 aliphatic carbocycles. The second-order valence-electron chi connectivity index (χ2n) is 4.31. The number of hydrogen-bond donors (Lipinski definition) is 2. The van der Waals surface area contributed by atoms with Gasteiger partial charge in [-0.25, -0.2) is 4.39 Å². The minimum atomic E-state index is -0.531. The number of anilines is 1. The third-order valence-corrected chi connectivity index (χ3v) is 2.77. The average molecular weight is 274 g/mol. The average Bonchev–Trinajstić information content (AvgIpc) is 2.44. The molecule has 0 saturated heterocycles. The van der Waals surface area contributed by atoms with Crippen molar-refractivity contribution in [2.75, 3.05) is 12.8 Å². The molecule has 4 nitrogen and oxygen atoms in total. The smallest absolute Gasteiger partial charge is 0.251 e. The molecule has 2 aromatic rings. The summed E-state index contributed by atoms with van der Waals surface area (Å²) in [4.78, 5) is 11.9. The van der Waals surface area contributed by atoms with Crippen LogP contribution in [0.15, 0.2) is 42.5 Å². The van der Waals surface area contributed by atoms with Crippen molar-refractivity contribution in [1.29, 1.82) is 0 Å². The molecule has 0 aliphatic heterocycles. The third-order valence-electron chi connectivity index (χ3n) is 2.77. The molecule has 0 aromatic heterocycles. The van der Waals surface area contributed by atoms with Crippen LogP contribution < -0.4 is 15.8 Å². The first-order valence-electron chi connectivity index (χ1n) is 6.05. The number of methoxy groups -OCH3 is 1. The number of hydrogen-bond acceptors (Lipinski definition) is 3. The number of nitrogens with two attached hydrogens (primary N) is 1. The van der Waals surface area contributed by atoms with Crippen molar-refractivity contribution in [3.8, 4) is 5.75 Å². The van der Waals surface area contributed by atoms with E-state index in [-0.39, 0.29) is 17.2 Å². The lowest BCUT2D eigenvalue weighted by atomic mass is 10.1. The second-order valence-corrected chi connectivity index (χ2v) is 4.31.